The molecule has 46 valence electrons. The highest BCUT2D eigenvalue weighted by atomic mass is 19.1. The maximum Gasteiger partial charge on any atom is 0.0785 e. The lowest BCUT2D eigenvalue weighted by Crippen LogP contribution is -1.38. The van der Waals surface area contributed by atoms with E-state index in [0.29, 0.717) is 7.18 Å². The van der Waals surface area contributed by atoms with Crippen molar-refractivity contribution in [2.75, 3.05) is 7.18 Å². The van der Waals surface area contributed by atoms with Crippen molar-refractivity contribution in [1.29, 1.82) is 0 Å². The molecule has 0 aromatic rings. The Kier molecular flexibility index (Phi) is 21.0. The molecule has 0 amide bonds. The smallest absolute Gasteiger partial charge is 0.0785 e. The molecular weight excluding hydrogens is 103 g/mol. The van der Waals surface area contributed by atoms with Crippen LogP contribution in [0.3, 0.4) is 0 Å². The van der Waals surface area contributed by atoms with E-state index in [0.717, 1.165) is 0 Å². The molecule has 0 aromatic carbocycles. The lowest BCUT2D eigenvalue weighted by molar-refractivity contribution is 0.636. The Morgan fingerprint density at radius 3 is 1.38 bits per heavy atom. The molecule has 0 radical (unpaired) electrons. The van der Waals surface area contributed by atoms with Gasteiger partial charge >= 0.3 is 0 Å². The Bertz CT molecular complexity index is 62.5. The molecule has 0 saturated heterocycles. The van der Waals surface area contributed by atoms with Crippen LogP contribution < -0.4 is 0 Å². The lowest BCUT2D eigenvalue weighted by atomic mass is 10.5. The second-order valence-corrected chi connectivity index (χ2v) is 0.856. The third-order valence-corrected chi connectivity index (χ3v) is 0.383. The van der Waals surface area contributed by atoms with Crippen LogP contribution in [0, 0.1) is 0 Å². The largest absolute Gasteiger partial charge is 0.255 e. The molecule has 0 rings (SSSR count). The van der Waals surface area contributed by atoms with Crippen molar-refractivity contribution in [2.24, 2.45) is 0 Å². The van der Waals surface area contributed by atoms with E-state index in [1.807, 2.05) is 12.2 Å². The Morgan fingerprint density at radius 2 is 1.25 bits per heavy atom. The summed E-state index contributed by atoms with van der Waals surface area (Å²) in [7, 11) is 0.500. The number of allylic oxidation sites excluding steroid dienone is 4. The molecule has 0 heterocycles. The molecule has 1 heteroatoms. The van der Waals surface area contributed by atoms with Crippen LogP contribution in [0.4, 0.5) is 4.39 Å². The minimum atomic E-state index is 0.500. The van der Waals surface area contributed by atoms with Crippen LogP contribution in [-0.4, -0.2) is 7.18 Å². The highest BCUT2D eigenvalue weighted by Gasteiger charge is 1.47. The van der Waals surface area contributed by atoms with E-state index in [2.05, 4.69) is 13.2 Å². The minimum Gasteiger partial charge on any atom is -0.255 e. The van der Waals surface area contributed by atoms with Gasteiger partial charge in [-0.2, -0.15) is 0 Å². The van der Waals surface area contributed by atoms with Gasteiger partial charge in [-0.25, -0.2) is 0 Å². The number of hydrogen-bond acceptors (Lipinski definition) is 0. The molecule has 0 unspecified atom stereocenters. The second-order valence-electron chi connectivity index (χ2n) is 0.856. The van der Waals surface area contributed by atoms with E-state index in [1.165, 1.54) is 0 Å². The minimum absolute atomic E-state index is 0.500. The van der Waals surface area contributed by atoms with Gasteiger partial charge in [0, 0.05) is 0 Å². The zero-order valence-electron chi connectivity index (χ0n) is 5.10. The van der Waals surface area contributed by atoms with Gasteiger partial charge in [0.15, 0.2) is 0 Å². The average molecular weight is 114 g/mol. The molecule has 0 bridgehead atoms. The van der Waals surface area contributed by atoms with Crippen LogP contribution in [0.15, 0.2) is 37.5 Å². The summed E-state index contributed by atoms with van der Waals surface area (Å²) in [5.41, 5.74) is 0. The van der Waals surface area contributed by atoms with Gasteiger partial charge in [0.2, 0.25) is 0 Å². The van der Waals surface area contributed by atoms with E-state index in [1.54, 1.807) is 12.2 Å². The van der Waals surface area contributed by atoms with Gasteiger partial charge < -0.3 is 0 Å². The van der Waals surface area contributed by atoms with Crippen LogP contribution in [0.2, 0.25) is 0 Å². The van der Waals surface area contributed by atoms with Crippen LogP contribution in [0.25, 0.3) is 0 Å². The van der Waals surface area contributed by atoms with Crippen molar-refractivity contribution < 1.29 is 4.39 Å². The monoisotopic (exact) mass is 114 g/mol. The van der Waals surface area contributed by atoms with Crippen molar-refractivity contribution in [1.82, 2.24) is 0 Å². The third kappa shape index (κ3) is 19.2. The van der Waals surface area contributed by atoms with E-state index in [4.69, 9.17) is 0 Å². The molecule has 0 atom stereocenters. The Labute approximate surface area is 50.0 Å². The fourth-order valence-corrected chi connectivity index (χ4v) is 0.157. The molecule has 0 aliphatic carbocycles. The normalized spacial score (nSPS) is 7.25. The Hall–Kier alpha value is -0.850. The van der Waals surface area contributed by atoms with Crippen molar-refractivity contribution in [2.45, 2.75) is 0 Å². The van der Waals surface area contributed by atoms with Gasteiger partial charge in [0.1, 0.15) is 0 Å². The summed E-state index contributed by atoms with van der Waals surface area (Å²) in [6, 6.07) is 0. The summed E-state index contributed by atoms with van der Waals surface area (Å²) in [6.07, 6.45) is 7.07. The second kappa shape index (κ2) is 16.4. The van der Waals surface area contributed by atoms with Gasteiger partial charge in [-0.1, -0.05) is 37.5 Å². The summed E-state index contributed by atoms with van der Waals surface area (Å²) in [5, 5.41) is 0. The highest BCUT2D eigenvalue weighted by molar-refractivity contribution is 5.05. The Morgan fingerprint density at radius 1 is 1.00 bits per heavy atom. The van der Waals surface area contributed by atoms with E-state index in [9.17, 15) is 4.39 Å². The van der Waals surface area contributed by atoms with Crippen molar-refractivity contribution in [3.8, 4) is 0 Å². The van der Waals surface area contributed by atoms with Crippen molar-refractivity contribution in [3.63, 3.8) is 0 Å². The van der Waals surface area contributed by atoms with Crippen molar-refractivity contribution in [3.05, 3.63) is 37.5 Å². The van der Waals surface area contributed by atoms with E-state index >= 15 is 0 Å². The zero-order valence-corrected chi connectivity index (χ0v) is 5.10. The van der Waals surface area contributed by atoms with E-state index in [-0.39, 0.29) is 0 Å². The highest BCUT2D eigenvalue weighted by Crippen LogP contribution is 1.69. The average Bonchev–Trinajstić information content (AvgIpc) is 1.88. The quantitative estimate of drug-likeness (QED) is 0.484. The summed E-state index contributed by atoms with van der Waals surface area (Å²) in [4.78, 5) is 0. The molecule has 0 aromatic heterocycles. The maximum atomic E-state index is 9.50. The predicted molar refractivity (Wildman–Crippen MR) is 36.6 cm³/mol. The maximum absolute atomic E-state index is 9.50. The fourth-order valence-electron chi connectivity index (χ4n) is 0.157. The predicted octanol–water partition coefficient (Wildman–Crippen LogP) is 2.50. The first kappa shape index (κ1) is 10.2. The van der Waals surface area contributed by atoms with Gasteiger partial charge in [-0.3, -0.25) is 4.39 Å². The van der Waals surface area contributed by atoms with Crippen LogP contribution >= 0.6 is 0 Å². The Balaban J connectivity index is 0. The fraction of sp³-hybridized carbons (Fsp3) is 0.143. The first-order valence-corrected chi connectivity index (χ1v) is 2.19. The van der Waals surface area contributed by atoms with Gasteiger partial charge in [-0.05, 0) is 0 Å². The van der Waals surface area contributed by atoms with Crippen LogP contribution in [-0.2, 0) is 0 Å². The molecule has 0 aliphatic rings. The molecule has 0 N–H and O–H groups in total. The topological polar surface area (TPSA) is 0 Å². The molecule has 0 aliphatic heterocycles. The first-order chi connectivity index (χ1) is 3.91. The molecule has 0 saturated carbocycles. The van der Waals surface area contributed by atoms with Gasteiger partial charge in [0.05, 0.1) is 7.18 Å². The number of hydrogen-bond donors (Lipinski definition) is 0. The third-order valence-electron chi connectivity index (χ3n) is 0.383. The number of alkyl halides is 1. The summed E-state index contributed by atoms with van der Waals surface area (Å²) < 4.78 is 9.50. The number of halogens is 1. The number of rotatable bonds is 2. The molecule has 0 spiro atoms. The standard InChI is InChI=1S/C6H8.CH3F/c1-3-5-6-4-2;1-2/h3-6H,1-2H2;1H3/b6-5-;. The van der Waals surface area contributed by atoms with Crippen LogP contribution in [0.5, 0.6) is 0 Å². The molecule has 0 fully saturated rings. The molecular formula is C7H11F. The summed E-state index contributed by atoms with van der Waals surface area (Å²) in [5.74, 6) is 0. The summed E-state index contributed by atoms with van der Waals surface area (Å²) >= 11 is 0. The lowest BCUT2D eigenvalue weighted by Gasteiger charge is -1.60. The molecule has 8 heavy (non-hydrogen) atoms. The zero-order chi connectivity index (χ0) is 6.83. The van der Waals surface area contributed by atoms with Gasteiger partial charge in [-0.15, -0.1) is 0 Å². The van der Waals surface area contributed by atoms with Crippen LogP contribution in [0.1, 0.15) is 0 Å². The summed E-state index contributed by atoms with van der Waals surface area (Å²) in [6.45, 7) is 6.93. The van der Waals surface area contributed by atoms with Crippen molar-refractivity contribution >= 4 is 0 Å². The SMILES string of the molecule is C=C/C=C\C=C.CF. The van der Waals surface area contributed by atoms with E-state index < -0.39 is 0 Å². The first-order valence-electron chi connectivity index (χ1n) is 2.19. The van der Waals surface area contributed by atoms with Gasteiger partial charge in [0.25, 0.3) is 0 Å². The molecule has 0 nitrogen and oxygen atoms in total.